The first-order valence-electron chi connectivity index (χ1n) is 9.33. The van der Waals surface area contributed by atoms with Crippen LogP contribution in [0, 0.1) is 6.92 Å². The molecule has 30 heavy (non-hydrogen) atoms. The molecule has 0 aliphatic heterocycles. The second kappa shape index (κ2) is 9.12. The van der Waals surface area contributed by atoms with Gasteiger partial charge in [0.15, 0.2) is 4.90 Å². The first kappa shape index (κ1) is 22.2. The van der Waals surface area contributed by atoms with Crippen molar-refractivity contribution in [2.24, 2.45) is 7.05 Å². The summed E-state index contributed by atoms with van der Waals surface area (Å²) in [5, 5.41) is 4.43. The van der Waals surface area contributed by atoms with Crippen molar-refractivity contribution in [1.82, 2.24) is 9.88 Å². The zero-order valence-electron chi connectivity index (χ0n) is 17.2. The molecule has 6 nitrogen and oxygen atoms in total. The number of halogens is 1. The van der Waals surface area contributed by atoms with Gasteiger partial charge in [0.05, 0.1) is 23.7 Å². The fourth-order valence-corrected chi connectivity index (χ4v) is 4.51. The molecule has 0 saturated heterocycles. The van der Waals surface area contributed by atoms with Crippen LogP contribution in [-0.2, 0) is 27.8 Å². The van der Waals surface area contributed by atoms with Crippen molar-refractivity contribution >= 4 is 45.6 Å². The van der Waals surface area contributed by atoms with E-state index in [1.54, 1.807) is 30.3 Å². The Balaban J connectivity index is 1.74. The van der Waals surface area contributed by atoms with Crippen molar-refractivity contribution in [3.05, 3.63) is 64.3 Å². The van der Waals surface area contributed by atoms with Crippen LogP contribution in [0.15, 0.2) is 47.4 Å². The number of ether oxygens (including phenoxy) is 1. The molecule has 1 N–H and O–H groups in total. The molecule has 3 aromatic rings. The third-order valence-corrected chi connectivity index (χ3v) is 6.56. The number of aryl methyl sites for hydroxylation is 2. The average molecular weight is 447 g/mol. The lowest BCUT2D eigenvalue weighted by atomic mass is 10.1. The minimum absolute atomic E-state index is 0.189. The van der Waals surface area contributed by atoms with Crippen molar-refractivity contribution in [3.63, 3.8) is 0 Å². The van der Waals surface area contributed by atoms with Gasteiger partial charge in [0.2, 0.25) is 5.75 Å². The standard InChI is InChI=1S/C22H23ClN2O4S/c1-13-9-18(23)17-11-20(25(3)19(17)10-13)22(27)24-14(2)15-5-7-16(8-6-15)30(28)12-21(26)29-4/h5-11,14H,12H2,1-4H3,(H,24,27)/t14-,30+/m1/s1. The van der Waals surface area contributed by atoms with Crippen molar-refractivity contribution < 1.29 is 18.9 Å². The largest absolute Gasteiger partial charge is 0.611 e. The molecule has 0 fully saturated rings. The molecule has 0 bridgehead atoms. The quantitative estimate of drug-likeness (QED) is 0.459. The van der Waals surface area contributed by atoms with E-state index in [9.17, 15) is 14.1 Å². The molecular formula is C22H23ClN2O4S. The Kier molecular flexibility index (Phi) is 6.75. The summed E-state index contributed by atoms with van der Waals surface area (Å²) in [6.45, 7) is 3.83. The van der Waals surface area contributed by atoms with Crippen LogP contribution in [0.25, 0.3) is 10.9 Å². The highest BCUT2D eigenvalue weighted by Gasteiger charge is 2.20. The lowest BCUT2D eigenvalue weighted by molar-refractivity contribution is -0.137. The normalized spacial score (nSPS) is 13.1. The van der Waals surface area contributed by atoms with E-state index in [0.29, 0.717) is 15.6 Å². The van der Waals surface area contributed by atoms with Gasteiger partial charge in [-0.15, -0.1) is 0 Å². The van der Waals surface area contributed by atoms with Gasteiger partial charge in [-0.2, -0.15) is 0 Å². The highest BCUT2D eigenvalue weighted by atomic mass is 35.5. The minimum atomic E-state index is -1.47. The number of carbonyl (C=O) groups excluding carboxylic acids is 2. The van der Waals surface area contributed by atoms with Crippen LogP contribution in [0.4, 0.5) is 0 Å². The molecule has 2 atom stereocenters. The monoisotopic (exact) mass is 446 g/mol. The molecule has 0 saturated carbocycles. The Morgan fingerprint density at radius 2 is 1.90 bits per heavy atom. The number of rotatable bonds is 6. The summed E-state index contributed by atoms with van der Waals surface area (Å²) in [5.41, 5.74) is 3.30. The molecule has 0 aliphatic rings. The molecule has 1 aromatic heterocycles. The Morgan fingerprint density at radius 1 is 1.23 bits per heavy atom. The minimum Gasteiger partial charge on any atom is -0.611 e. The van der Waals surface area contributed by atoms with E-state index in [0.717, 1.165) is 22.0 Å². The van der Waals surface area contributed by atoms with E-state index in [1.165, 1.54) is 7.11 Å². The SMILES string of the molecule is COC(=O)C[S@+]([O-])c1ccc([C@@H](C)NC(=O)c2cc3c(Cl)cc(C)cc3n2C)cc1. The maximum absolute atomic E-state index is 12.9. The molecule has 1 heterocycles. The smallest absolute Gasteiger partial charge is 0.356 e. The van der Waals surface area contributed by atoms with Gasteiger partial charge in [0.25, 0.3) is 5.91 Å². The number of amides is 1. The van der Waals surface area contributed by atoms with E-state index in [1.807, 2.05) is 37.6 Å². The summed E-state index contributed by atoms with van der Waals surface area (Å²) < 4.78 is 18.5. The van der Waals surface area contributed by atoms with Crippen LogP contribution in [0.5, 0.6) is 0 Å². The van der Waals surface area contributed by atoms with Crippen molar-refractivity contribution in [1.29, 1.82) is 0 Å². The highest BCUT2D eigenvalue weighted by molar-refractivity contribution is 7.92. The third kappa shape index (κ3) is 4.64. The zero-order valence-corrected chi connectivity index (χ0v) is 18.8. The van der Waals surface area contributed by atoms with Gasteiger partial charge in [-0.05, 0) is 66.5 Å². The fourth-order valence-electron chi connectivity index (χ4n) is 3.25. The number of fused-ring (bicyclic) bond motifs is 1. The number of benzene rings is 2. The maximum atomic E-state index is 12.9. The van der Waals surface area contributed by atoms with E-state index < -0.39 is 17.1 Å². The van der Waals surface area contributed by atoms with Crippen LogP contribution >= 0.6 is 11.6 Å². The second-order valence-corrected chi connectivity index (χ2v) is 8.96. The van der Waals surface area contributed by atoms with Crippen LogP contribution in [-0.4, -0.2) is 33.9 Å². The van der Waals surface area contributed by atoms with E-state index >= 15 is 0 Å². The first-order chi connectivity index (χ1) is 14.2. The fraction of sp³-hybridized carbons (Fsp3) is 0.273. The van der Waals surface area contributed by atoms with Crippen molar-refractivity contribution in [2.75, 3.05) is 12.9 Å². The number of nitrogens with one attached hydrogen (secondary N) is 1. The molecule has 0 aliphatic carbocycles. The predicted molar refractivity (Wildman–Crippen MR) is 118 cm³/mol. The van der Waals surface area contributed by atoms with Crippen LogP contribution in [0.3, 0.4) is 0 Å². The summed E-state index contributed by atoms with van der Waals surface area (Å²) in [7, 11) is 3.10. The summed E-state index contributed by atoms with van der Waals surface area (Å²) in [4.78, 5) is 24.7. The molecule has 0 spiro atoms. The van der Waals surface area contributed by atoms with Gasteiger partial charge in [-0.1, -0.05) is 23.7 Å². The molecule has 0 radical (unpaired) electrons. The molecular weight excluding hydrogens is 424 g/mol. The first-order valence-corrected chi connectivity index (χ1v) is 11.0. The summed E-state index contributed by atoms with van der Waals surface area (Å²) in [6.07, 6.45) is 0. The van der Waals surface area contributed by atoms with Gasteiger partial charge in [-0.25, -0.2) is 4.79 Å². The maximum Gasteiger partial charge on any atom is 0.356 e. The lowest BCUT2D eigenvalue weighted by Crippen LogP contribution is -2.28. The van der Waals surface area contributed by atoms with Crippen LogP contribution in [0.2, 0.25) is 5.02 Å². The molecule has 8 heteroatoms. The number of hydrogen-bond acceptors (Lipinski definition) is 4. The van der Waals surface area contributed by atoms with E-state index in [4.69, 9.17) is 11.6 Å². The number of carbonyl (C=O) groups is 2. The van der Waals surface area contributed by atoms with E-state index in [2.05, 4.69) is 10.1 Å². The van der Waals surface area contributed by atoms with E-state index in [-0.39, 0.29) is 17.7 Å². The van der Waals surface area contributed by atoms with Gasteiger partial charge in [0, 0.05) is 12.4 Å². The molecule has 0 unspecified atom stereocenters. The van der Waals surface area contributed by atoms with Crippen molar-refractivity contribution in [2.45, 2.75) is 24.8 Å². The third-order valence-electron chi connectivity index (χ3n) is 4.96. The number of aromatic nitrogens is 1. The summed E-state index contributed by atoms with van der Waals surface area (Å²) in [6, 6.07) is 12.4. The van der Waals surface area contributed by atoms with Gasteiger partial charge < -0.3 is 19.2 Å². The number of hydrogen-bond donors (Lipinski definition) is 1. The highest BCUT2D eigenvalue weighted by Crippen LogP contribution is 2.28. The Hall–Kier alpha value is -2.48. The molecule has 3 rings (SSSR count). The summed E-state index contributed by atoms with van der Waals surface area (Å²) >= 11 is 4.87. The van der Waals surface area contributed by atoms with Crippen LogP contribution in [0.1, 0.15) is 34.6 Å². The molecule has 1 amide bonds. The Morgan fingerprint density at radius 3 is 2.53 bits per heavy atom. The molecule has 2 aromatic carbocycles. The predicted octanol–water partition coefficient (Wildman–Crippen LogP) is 3.91. The zero-order chi connectivity index (χ0) is 22.0. The summed E-state index contributed by atoms with van der Waals surface area (Å²) in [5.74, 6) is -0.929. The second-order valence-electron chi connectivity index (χ2n) is 7.10. The Bertz CT molecular complexity index is 1090. The molecule has 158 valence electrons. The number of nitrogens with zero attached hydrogens (tertiary/aromatic N) is 1. The van der Waals surface area contributed by atoms with Gasteiger partial charge >= 0.3 is 5.97 Å². The number of esters is 1. The Labute approximate surface area is 183 Å². The number of methoxy groups -OCH3 is 1. The van der Waals surface area contributed by atoms with Crippen molar-refractivity contribution in [3.8, 4) is 0 Å². The topological polar surface area (TPSA) is 83.4 Å². The lowest BCUT2D eigenvalue weighted by Gasteiger charge is -2.16. The van der Waals surface area contributed by atoms with Crippen LogP contribution < -0.4 is 5.32 Å². The van der Waals surface area contributed by atoms with Gasteiger partial charge in [0.1, 0.15) is 5.69 Å². The van der Waals surface area contributed by atoms with Gasteiger partial charge in [-0.3, -0.25) is 4.79 Å². The average Bonchev–Trinajstić information content (AvgIpc) is 3.05.